The van der Waals surface area contributed by atoms with Crippen molar-refractivity contribution in [1.29, 1.82) is 0 Å². The summed E-state index contributed by atoms with van der Waals surface area (Å²) >= 11 is 6.96. The monoisotopic (exact) mass is 284 g/mol. The highest BCUT2D eigenvalue weighted by molar-refractivity contribution is 7.99. The van der Waals surface area contributed by atoms with Crippen molar-refractivity contribution in [3.05, 3.63) is 23.8 Å². The van der Waals surface area contributed by atoms with Crippen molar-refractivity contribution >= 4 is 34.7 Å². The Morgan fingerprint density at radius 2 is 2.28 bits per heavy atom. The number of anilines is 1. The van der Waals surface area contributed by atoms with E-state index in [1.165, 1.54) is 0 Å². The van der Waals surface area contributed by atoms with E-state index in [0.717, 1.165) is 28.5 Å². The number of rotatable bonds is 7. The maximum Gasteiger partial charge on any atom is 0.120 e. The Labute approximate surface area is 118 Å². The lowest BCUT2D eigenvalue weighted by molar-refractivity contribution is 0.415. The van der Waals surface area contributed by atoms with Gasteiger partial charge in [0.05, 0.1) is 7.11 Å². The smallest absolute Gasteiger partial charge is 0.120 e. The van der Waals surface area contributed by atoms with Crippen LogP contribution in [0.2, 0.25) is 0 Å². The van der Waals surface area contributed by atoms with Crippen LogP contribution in [0.25, 0.3) is 0 Å². The van der Waals surface area contributed by atoms with Crippen LogP contribution in [0.15, 0.2) is 18.2 Å². The first-order valence-corrected chi connectivity index (χ1v) is 7.46. The van der Waals surface area contributed by atoms with Gasteiger partial charge in [0.2, 0.25) is 0 Å². The molecule has 3 N–H and O–H groups in total. The maximum absolute atomic E-state index is 5.73. The molecule has 1 rings (SSSR count). The Bertz CT molecular complexity index is 410. The summed E-state index contributed by atoms with van der Waals surface area (Å²) in [4.78, 5) is 0.399. The summed E-state index contributed by atoms with van der Waals surface area (Å²) in [6, 6.07) is 6.05. The predicted octanol–water partition coefficient (Wildman–Crippen LogP) is 2.88. The van der Waals surface area contributed by atoms with Gasteiger partial charge in [-0.2, -0.15) is 11.8 Å². The van der Waals surface area contributed by atoms with Crippen molar-refractivity contribution < 1.29 is 4.74 Å². The third kappa shape index (κ3) is 4.38. The van der Waals surface area contributed by atoms with Gasteiger partial charge >= 0.3 is 0 Å². The molecule has 1 aromatic rings. The molecule has 0 heterocycles. The Balaban J connectivity index is 2.86. The molecule has 3 nitrogen and oxygen atoms in total. The highest BCUT2D eigenvalue weighted by atomic mass is 32.2. The number of thiocarbonyl (C=S) groups is 1. The zero-order valence-electron chi connectivity index (χ0n) is 11.0. The highest BCUT2D eigenvalue weighted by Crippen LogP contribution is 2.23. The number of nitrogens with one attached hydrogen (secondary N) is 1. The van der Waals surface area contributed by atoms with E-state index in [4.69, 9.17) is 22.7 Å². The average Bonchev–Trinajstić information content (AvgIpc) is 2.35. The fraction of sp³-hybridized carbons (Fsp3) is 0.462. The lowest BCUT2D eigenvalue weighted by Crippen LogP contribution is -2.21. The summed E-state index contributed by atoms with van der Waals surface area (Å²) in [6.07, 6.45) is 0. The minimum atomic E-state index is 0.357. The van der Waals surface area contributed by atoms with Gasteiger partial charge in [-0.05, 0) is 24.8 Å². The van der Waals surface area contributed by atoms with Gasteiger partial charge in [-0.3, -0.25) is 0 Å². The summed E-state index contributed by atoms with van der Waals surface area (Å²) in [7, 11) is 1.65. The van der Waals surface area contributed by atoms with E-state index < -0.39 is 0 Å². The minimum Gasteiger partial charge on any atom is -0.497 e. The maximum atomic E-state index is 5.73. The molecule has 0 aliphatic rings. The molecule has 0 amide bonds. The molecule has 0 aliphatic heterocycles. The van der Waals surface area contributed by atoms with Gasteiger partial charge < -0.3 is 15.8 Å². The van der Waals surface area contributed by atoms with Crippen LogP contribution in [0.4, 0.5) is 5.69 Å². The van der Waals surface area contributed by atoms with Gasteiger partial charge in [-0.1, -0.05) is 19.1 Å². The molecule has 1 unspecified atom stereocenters. The molecule has 1 aromatic carbocycles. The van der Waals surface area contributed by atoms with Crippen LogP contribution in [0.1, 0.15) is 19.4 Å². The van der Waals surface area contributed by atoms with Crippen molar-refractivity contribution in [3.8, 4) is 5.75 Å². The minimum absolute atomic E-state index is 0.357. The second-order valence-electron chi connectivity index (χ2n) is 3.98. The molecule has 0 saturated carbocycles. The van der Waals surface area contributed by atoms with Crippen molar-refractivity contribution in [3.63, 3.8) is 0 Å². The van der Waals surface area contributed by atoms with E-state index in [-0.39, 0.29) is 0 Å². The van der Waals surface area contributed by atoms with E-state index in [2.05, 4.69) is 19.2 Å². The zero-order chi connectivity index (χ0) is 13.5. The quantitative estimate of drug-likeness (QED) is 0.754. The molecule has 0 saturated heterocycles. The van der Waals surface area contributed by atoms with E-state index in [1.54, 1.807) is 7.11 Å². The standard InChI is InChI=1S/C13H20N2OS2/c1-4-18-8-9(2)15-12-7-10(16-3)5-6-11(12)13(14)17/h5-7,9,15H,4,8H2,1-3H3,(H2,14,17). The summed E-state index contributed by atoms with van der Waals surface area (Å²) in [5, 5.41) is 3.43. The van der Waals surface area contributed by atoms with Crippen LogP contribution in [0.5, 0.6) is 5.75 Å². The molecule has 0 radical (unpaired) electrons. The Morgan fingerprint density at radius 3 is 2.83 bits per heavy atom. The number of nitrogens with two attached hydrogens (primary N) is 1. The van der Waals surface area contributed by atoms with Gasteiger partial charge in [-0.25, -0.2) is 0 Å². The summed E-state index contributed by atoms with van der Waals surface area (Å²) in [6.45, 7) is 4.30. The first kappa shape index (κ1) is 15.1. The van der Waals surface area contributed by atoms with Gasteiger partial charge in [0.25, 0.3) is 0 Å². The van der Waals surface area contributed by atoms with E-state index in [1.807, 2.05) is 30.0 Å². The molecule has 0 aromatic heterocycles. The molecule has 0 fully saturated rings. The normalized spacial score (nSPS) is 11.9. The van der Waals surface area contributed by atoms with Gasteiger partial charge in [0.15, 0.2) is 0 Å². The van der Waals surface area contributed by atoms with Crippen molar-refractivity contribution in [2.75, 3.05) is 23.9 Å². The van der Waals surface area contributed by atoms with Crippen LogP contribution in [-0.2, 0) is 0 Å². The van der Waals surface area contributed by atoms with E-state index in [0.29, 0.717) is 11.0 Å². The van der Waals surface area contributed by atoms with E-state index >= 15 is 0 Å². The zero-order valence-corrected chi connectivity index (χ0v) is 12.7. The van der Waals surface area contributed by atoms with Crippen LogP contribution < -0.4 is 15.8 Å². The summed E-state index contributed by atoms with van der Waals surface area (Å²) < 4.78 is 5.22. The second-order valence-corrected chi connectivity index (χ2v) is 5.74. The molecule has 0 bridgehead atoms. The van der Waals surface area contributed by atoms with Crippen molar-refractivity contribution in [2.24, 2.45) is 5.73 Å². The fourth-order valence-corrected chi connectivity index (χ4v) is 2.44. The largest absolute Gasteiger partial charge is 0.497 e. The number of hydrogen-bond acceptors (Lipinski definition) is 4. The lowest BCUT2D eigenvalue weighted by atomic mass is 10.1. The number of thioether (sulfide) groups is 1. The average molecular weight is 284 g/mol. The van der Waals surface area contributed by atoms with Crippen molar-refractivity contribution in [1.82, 2.24) is 0 Å². The Morgan fingerprint density at radius 1 is 1.56 bits per heavy atom. The first-order valence-electron chi connectivity index (χ1n) is 5.90. The number of methoxy groups -OCH3 is 1. The molecule has 18 heavy (non-hydrogen) atoms. The van der Waals surface area contributed by atoms with Crippen LogP contribution in [0, 0.1) is 0 Å². The topological polar surface area (TPSA) is 47.3 Å². The van der Waals surface area contributed by atoms with Gasteiger partial charge in [-0.15, -0.1) is 0 Å². The predicted molar refractivity (Wildman–Crippen MR) is 85.0 cm³/mol. The van der Waals surface area contributed by atoms with Crippen LogP contribution in [0.3, 0.4) is 0 Å². The summed E-state index contributed by atoms with van der Waals surface area (Å²) in [5.41, 5.74) is 7.52. The van der Waals surface area contributed by atoms with Crippen LogP contribution >= 0.6 is 24.0 Å². The Kier molecular flexibility index (Phi) is 6.29. The van der Waals surface area contributed by atoms with Gasteiger partial charge in [0.1, 0.15) is 10.7 Å². The number of benzene rings is 1. The molecular formula is C13H20N2OS2. The highest BCUT2D eigenvalue weighted by Gasteiger charge is 2.09. The molecule has 0 aliphatic carbocycles. The summed E-state index contributed by atoms with van der Waals surface area (Å²) in [5.74, 6) is 2.96. The molecular weight excluding hydrogens is 264 g/mol. The second kappa shape index (κ2) is 7.48. The SMILES string of the molecule is CCSCC(C)Nc1cc(OC)ccc1C(N)=S. The molecule has 100 valence electrons. The van der Waals surface area contributed by atoms with Crippen LogP contribution in [-0.4, -0.2) is 29.6 Å². The van der Waals surface area contributed by atoms with Crippen molar-refractivity contribution in [2.45, 2.75) is 19.9 Å². The van der Waals surface area contributed by atoms with E-state index in [9.17, 15) is 0 Å². The number of ether oxygens (including phenoxy) is 1. The third-order valence-corrected chi connectivity index (χ3v) is 3.83. The molecule has 1 atom stereocenters. The Hall–Kier alpha value is -0.940. The first-order chi connectivity index (χ1) is 8.58. The lowest BCUT2D eigenvalue weighted by Gasteiger charge is -2.18. The fourth-order valence-electron chi connectivity index (χ4n) is 1.59. The third-order valence-electron chi connectivity index (χ3n) is 2.47. The number of hydrogen-bond donors (Lipinski definition) is 2. The molecule has 0 spiro atoms. The molecule has 5 heteroatoms. The van der Waals surface area contributed by atoms with Gasteiger partial charge in [0, 0.05) is 29.1 Å².